The van der Waals surface area contributed by atoms with Gasteiger partial charge in [0.15, 0.2) is 5.65 Å². The fraction of sp³-hybridized carbons (Fsp3) is 0.214. The maximum atomic E-state index is 12.4. The normalized spacial score (nSPS) is 11.0. The van der Waals surface area contributed by atoms with Crippen LogP contribution in [0.2, 0.25) is 0 Å². The predicted octanol–water partition coefficient (Wildman–Crippen LogP) is 0.542. The maximum Gasteiger partial charge on any atom is 0.269 e. The number of hydrogen-bond acceptors (Lipinski definition) is 6. The molecule has 1 aromatic carbocycles. The van der Waals surface area contributed by atoms with Crippen molar-refractivity contribution in [2.24, 2.45) is 0 Å². The lowest BCUT2D eigenvalue weighted by Crippen LogP contribution is -2.21. The molecule has 9 nitrogen and oxygen atoms in total. The topological polar surface area (TPSA) is 116 Å². The zero-order chi connectivity index (χ0) is 16.4. The fourth-order valence-electron chi connectivity index (χ4n) is 2.33. The van der Waals surface area contributed by atoms with Gasteiger partial charge in [-0.05, 0) is 5.56 Å². The molecule has 0 aliphatic carbocycles. The monoisotopic (exact) mass is 315 g/mol. The van der Waals surface area contributed by atoms with Gasteiger partial charge in [-0.1, -0.05) is 12.1 Å². The summed E-state index contributed by atoms with van der Waals surface area (Å²) < 4.78 is 2.82. The highest BCUT2D eigenvalue weighted by molar-refractivity contribution is 5.72. The Morgan fingerprint density at radius 3 is 2.91 bits per heavy atom. The van der Waals surface area contributed by atoms with Crippen LogP contribution in [0.4, 0.5) is 5.69 Å². The molecule has 9 heteroatoms. The molecule has 3 rings (SSSR count). The summed E-state index contributed by atoms with van der Waals surface area (Å²) in [6.07, 6.45) is 2.78. The zero-order valence-corrected chi connectivity index (χ0v) is 12.0. The first-order chi connectivity index (χ1) is 11.1. The lowest BCUT2D eigenvalue weighted by atomic mass is 10.2. The summed E-state index contributed by atoms with van der Waals surface area (Å²) >= 11 is 0. The van der Waals surface area contributed by atoms with Crippen molar-refractivity contribution in [2.75, 3.05) is 6.61 Å². The number of aliphatic hydroxyl groups is 1. The first-order valence-corrected chi connectivity index (χ1v) is 6.85. The van der Waals surface area contributed by atoms with Gasteiger partial charge in [-0.25, -0.2) is 9.67 Å². The van der Waals surface area contributed by atoms with Crippen molar-refractivity contribution in [1.82, 2.24) is 19.3 Å². The molecular weight excluding hydrogens is 302 g/mol. The second kappa shape index (κ2) is 5.97. The van der Waals surface area contributed by atoms with Gasteiger partial charge >= 0.3 is 0 Å². The molecule has 0 radical (unpaired) electrons. The quantitative estimate of drug-likeness (QED) is 0.542. The molecule has 2 aromatic heterocycles. The summed E-state index contributed by atoms with van der Waals surface area (Å²) in [6, 6.07) is 6.10. The Bertz CT molecular complexity index is 930. The van der Waals surface area contributed by atoms with Gasteiger partial charge in [-0.15, -0.1) is 0 Å². The number of non-ortho nitro benzene ring substituents is 1. The number of hydrogen-bond donors (Lipinski definition) is 1. The second-order valence-electron chi connectivity index (χ2n) is 4.93. The molecule has 0 aliphatic heterocycles. The summed E-state index contributed by atoms with van der Waals surface area (Å²) in [6.45, 7) is 0.328. The smallest absolute Gasteiger partial charge is 0.269 e. The first kappa shape index (κ1) is 14.9. The number of aliphatic hydroxyl groups excluding tert-OH is 1. The highest BCUT2D eigenvalue weighted by atomic mass is 16.6. The van der Waals surface area contributed by atoms with E-state index in [1.165, 1.54) is 33.9 Å². The molecule has 3 aromatic rings. The molecule has 0 fully saturated rings. The Morgan fingerprint density at radius 2 is 2.17 bits per heavy atom. The van der Waals surface area contributed by atoms with Crippen molar-refractivity contribution in [1.29, 1.82) is 0 Å². The van der Waals surface area contributed by atoms with Crippen molar-refractivity contribution in [3.63, 3.8) is 0 Å². The van der Waals surface area contributed by atoms with Gasteiger partial charge in [-0.2, -0.15) is 5.10 Å². The van der Waals surface area contributed by atoms with Gasteiger partial charge in [0.25, 0.3) is 11.2 Å². The van der Waals surface area contributed by atoms with Crippen molar-refractivity contribution >= 4 is 16.7 Å². The van der Waals surface area contributed by atoms with Crippen molar-refractivity contribution < 1.29 is 10.0 Å². The van der Waals surface area contributed by atoms with E-state index in [4.69, 9.17) is 5.11 Å². The van der Waals surface area contributed by atoms with E-state index in [1.54, 1.807) is 12.1 Å². The van der Waals surface area contributed by atoms with Crippen LogP contribution >= 0.6 is 0 Å². The standard InChI is InChI=1S/C14H13N5O4/c20-5-4-18-13-12(7-16-18)14(21)17(9-15-13)8-10-2-1-3-11(6-10)19(22)23/h1-3,6-7,9,20H,4-5,8H2. The minimum Gasteiger partial charge on any atom is -0.394 e. The summed E-state index contributed by atoms with van der Waals surface area (Å²) in [5, 5.41) is 24.1. The Hall–Kier alpha value is -3.07. The predicted molar refractivity (Wildman–Crippen MR) is 81.1 cm³/mol. The first-order valence-electron chi connectivity index (χ1n) is 6.85. The molecule has 0 aliphatic rings. The van der Waals surface area contributed by atoms with Gasteiger partial charge in [0.05, 0.1) is 30.8 Å². The fourth-order valence-corrected chi connectivity index (χ4v) is 2.33. The average molecular weight is 315 g/mol. The molecule has 0 atom stereocenters. The third kappa shape index (κ3) is 2.81. The van der Waals surface area contributed by atoms with Gasteiger partial charge in [0.2, 0.25) is 0 Å². The minimum atomic E-state index is -0.480. The van der Waals surface area contributed by atoms with Crippen LogP contribution in [0.3, 0.4) is 0 Å². The Kier molecular flexibility index (Phi) is 3.85. The molecule has 118 valence electrons. The zero-order valence-electron chi connectivity index (χ0n) is 12.0. The molecule has 1 N–H and O–H groups in total. The minimum absolute atomic E-state index is 0.0275. The van der Waals surface area contributed by atoms with Gasteiger partial charge in [0, 0.05) is 12.1 Å². The van der Waals surface area contributed by atoms with Crippen LogP contribution in [0.15, 0.2) is 41.6 Å². The van der Waals surface area contributed by atoms with E-state index in [1.807, 2.05) is 0 Å². The van der Waals surface area contributed by atoms with Crippen molar-refractivity contribution in [3.8, 4) is 0 Å². The third-order valence-electron chi connectivity index (χ3n) is 3.41. The molecule has 23 heavy (non-hydrogen) atoms. The van der Waals surface area contributed by atoms with Crippen molar-refractivity contribution in [3.05, 3.63) is 62.8 Å². The van der Waals surface area contributed by atoms with Gasteiger partial charge in [-0.3, -0.25) is 19.5 Å². The average Bonchev–Trinajstić information content (AvgIpc) is 2.95. The molecule has 0 saturated heterocycles. The lowest BCUT2D eigenvalue weighted by Gasteiger charge is -2.06. The van der Waals surface area contributed by atoms with Crippen LogP contribution in [-0.2, 0) is 13.1 Å². The van der Waals surface area contributed by atoms with Gasteiger partial charge in [0.1, 0.15) is 11.7 Å². The van der Waals surface area contributed by atoms with Crippen LogP contribution in [0.5, 0.6) is 0 Å². The van der Waals surface area contributed by atoms with E-state index in [0.29, 0.717) is 16.6 Å². The molecule has 0 saturated carbocycles. The number of benzene rings is 1. The number of rotatable bonds is 5. The van der Waals surface area contributed by atoms with Crippen LogP contribution in [-0.4, -0.2) is 36.0 Å². The summed E-state index contributed by atoms with van der Waals surface area (Å²) in [7, 11) is 0. The maximum absolute atomic E-state index is 12.4. The van der Waals surface area contributed by atoms with Gasteiger partial charge < -0.3 is 5.11 Å². The number of nitro groups is 1. The lowest BCUT2D eigenvalue weighted by molar-refractivity contribution is -0.384. The highest BCUT2D eigenvalue weighted by Gasteiger charge is 2.11. The number of nitrogens with zero attached hydrogens (tertiary/aromatic N) is 5. The molecule has 0 bridgehead atoms. The summed E-state index contributed by atoms with van der Waals surface area (Å²) in [4.78, 5) is 27.0. The van der Waals surface area contributed by atoms with Crippen molar-refractivity contribution in [2.45, 2.75) is 13.1 Å². The van der Waals surface area contributed by atoms with E-state index < -0.39 is 4.92 Å². The van der Waals surface area contributed by atoms with Crippen LogP contribution in [0.1, 0.15) is 5.56 Å². The summed E-state index contributed by atoms with van der Waals surface area (Å²) in [5.41, 5.74) is 0.718. The second-order valence-corrected chi connectivity index (χ2v) is 4.93. The van der Waals surface area contributed by atoms with Crippen LogP contribution in [0.25, 0.3) is 11.0 Å². The Balaban J connectivity index is 1.98. The molecule has 0 spiro atoms. The molecule has 0 amide bonds. The Labute approximate surface area is 129 Å². The van der Waals surface area contributed by atoms with E-state index >= 15 is 0 Å². The third-order valence-corrected chi connectivity index (χ3v) is 3.41. The van der Waals surface area contributed by atoms with E-state index in [2.05, 4.69) is 10.1 Å². The van der Waals surface area contributed by atoms with E-state index in [9.17, 15) is 14.9 Å². The number of aromatic nitrogens is 4. The van der Waals surface area contributed by atoms with E-state index in [0.717, 1.165) is 0 Å². The van der Waals surface area contributed by atoms with E-state index in [-0.39, 0.29) is 30.9 Å². The number of nitro benzene ring substituents is 1. The molecule has 0 unspecified atom stereocenters. The van der Waals surface area contributed by atoms with Crippen LogP contribution < -0.4 is 5.56 Å². The SMILES string of the molecule is O=c1c2cnn(CCO)c2ncn1Cc1cccc([N+](=O)[O-])c1. The Morgan fingerprint density at radius 1 is 1.35 bits per heavy atom. The summed E-state index contributed by atoms with van der Waals surface area (Å²) in [5.74, 6) is 0. The molecular formula is C14H13N5O4. The van der Waals surface area contributed by atoms with Crippen LogP contribution in [0, 0.1) is 10.1 Å². The highest BCUT2D eigenvalue weighted by Crippen LogP contribution is 2.14. The largest absolute Gasteiger partial charge is 0.394 e. The molecule has 2 heterocycles. The number of fused-ring (bicyclic) bond motifs is 1.